The van der Waals surface area contributed by atoms with Crippen LogP contribution in [0.4, 0.5) is 5.69 Å². The average molecular weight is 303 g/mol. The van der Waals surface area contributed by atoms with Gasteiger partial charge in [-0.3, -0.25) is 10.1 Å². The average Bonchev–Trinajstić information content (AvgIpc) is 2.49. The standard InChI is InChI=1S/C15H13NO6/c1-10(15(17)18)21-12-6-8-14(9-7-12)22-13-4-2-11(3-5-13)16(19)20/h2-10H,1H3,(H,17,18)/t10-/m1/s1. The fourth-order valence-electron chi connectivity index (χ4n) is 1.61. The molecule has 0 radical (unpaired) electrons. The fraction of sp³-hybridized carbons (Fsp3) is 0.133. The van der Waals surface area contributed by atoms with Crippen LogP contribution in [0, 0.1) is 10.1 Å². The Balaban J connectivity index is 2.01. The van der Waals surface area contributed by atoms with Crippen molar-refractivity contribution in [3.63, 3.8) is 0 Å². The number of carbonyl (C=O) groups is 1. The Bertz CT molecular complexity index is 665. The zero-order valence-corrected chi connectivity index (χ0v) is 11.6. The number of nitro groups is 1. The molecule has 0 aliphatic rings. The number of hydrogen-bond acceptors (Lipinski definition) is 5. The number of ether oxygens (including phenoxy) is 2. The summed E-state index contributed by atoms with van der Waals surface area (Å²) in [6, 6.07) is 12.1. The van der Waals surface area contributed by atoms with Crippen molar-refractivity contribution in [3.8, 4) is 17.2 Å². The van der Waals surface area contributed by atoms with Crippen LogP contribution in [0.5, 0.6) is 17.2 Å². The zero-order valence-electron chi connectivity index (χ0n) is 11.6. The summed E-state index contributed by atoms with van der Waals surface area (Å²) in [5, 5.41) is 19.3. The molecule has 0 fully saturated rings. The Hall–Kier alpha value is -3.09. The lowest BCUT2D eigenvalue weighted by Gasteiger charge is -2.11. The SMILES string of the molecule is C[C@@H](Oc1ccc(Oc2ccc([N+](=O)[O-])cc2)cc1)C(=O)O. The van der Waals surface area contributed by atoms with Crippen LogP contribution in [-0.2, 0) is 4.79 Å². The lowest BCUT2D eigenvalue weighted by atomic mass is 10.3. The quantitative estimate of drug-likeness (QED) is 0.649. The molecule has 2 aromatic rings. The van der Waals surface area contributed by atoms with E-state index in [0.29, 0.717) is 17.2 Å². The minimum atomic E-state index is -1.05. The van der Waals surface area contributed by atoms with Gasteiger partial charge < -0.3 is 14.6 Å². The summed E-state index contributed by atoms with van der Waals surface area (Å²) in [4.78, 5) is 20.8. The first-order valence-corrected chi connectivity index (χ1v) is 6.37. The van der Waals surface area contributed by atoms with Gasteiger partial charge in [0.25, 0.3) is 5.69 Å². The number of rotatable bonds is 6. The second-order valence-corrected chi connectivity index (χ2v) is 4.42. The molecule has 0 heterocycles. The van der Waals surface area contributed by atoms with Crippen molar-refractivity contribution < 1.29 is 24.3 Å². The van der Waals surface area contributed by atoms with E-state index in [0.717, 1.165) is 0 Å². The van der Waals surface area contributed by atoms with Crippen LogP contribution in [0.3, 0.4) is 0 Å². The van der Waals surface area contributed by atoms with E-state index in [1.54, 1.807) is 24.3 Å². The number of hydrogen-bond donors (Lipinski definition) is 1. The van der Waals surface area contributed by atoms with Gasteiger partial charge in [0.2, 0.25) is 0 Å². The Morgan fingerprint density at radius 3 is 1.95 bits per heavy atom. The van der Waals surface area contributed by atoms with Gasteiger partial charge in [0, 0.05) is 12.1 Å². The molecule has 0 spiro atoms. The molecule has 7 nitrogen and oxygen atoms in total. The van der Waals surface area contributed by atoms with E-state index in [9.17, 15) is 14.9 Å². The molecule has 1 atom stereocenters. The lowest BCUT2D eigenvalue weighted by molar-refractivity contribution is -0.384. The molecule has 114 valence electrons. The third kappa shape index (κ3) is 3.95. The van der Waals surface area contributed by atoms with Crippen molar-refractivity contribution in [1.82, 2.24) is 0 Å². The van der Waals surface area contributed by atoms with Gasteiger partial charge in [0.15, 0.2) is 6.10 Å². The molecule has 0 bridgehead atoms. The molecule has 0 amide bonds. The van der Waals surface area contributed by atoms with E-state index in [2.05, 4.69) is 0 Å². The first-order chi connectivity index (χ1) is 10.5. The van der Waals surface area contributed by atoms with Crippen molar-refractivity contribution in [2.75, 3.05) is 0 Å². The maximum atomic E-state index is 10.7. The highest BCUT2D eigenvalue weighted by Gasteiger charge is 2.12. The molecule has 0 aromatic heterocycles. The molecule has 0 aliphatic carbocycles. The maximum Gasteiger partial charge on any atom is 0.344 e. The van der Waals surface area contributed by atoms with Crippen molar-refractivity contribution >= 4 is 11.7 Å². The number of nitro benzene ring substituents is 1. The second-order valence-electron chi connectivity index (χ2n) is 4.42. The van der Waals surface area contributed by atoms with Crippen LogP contribution in [0.25, 0.3) is 0 Å². The van der Waals surface area contributed by atoms with Crippen LogP contribution in [0.15, 0.2) is 48.5 Å². The molecular weight excluding hydrogens is 290 g/mol. The summed E-state index contributed by atoms with van der Waals surface area (Å²) in [5.41, 5.74) is -0.0150. The van der Waals surface area contributed by atoms with E-state index in [1.807, 2.05) is 0 Å². The summed E-state index contributed by atoms with van der Waals surface area (Å²) in [7, 11) is 0. The molecule has 0 aliphatic heterocycles. The highest BCUT2D eigenvalue weighted by Crippen LogP contribution is 2.25. The number of carboxylic acid groups (broad SMARTS) is 1. The van der Waals surface area contributed by atoms with E-state index in [4.69, 9.17) is 14.6 Å². The third-order valence-electron chi connectivity index (χ3n) is 2.77. The largest absolute Gasteiger partial charge is 0.479 e. The Morgan fingerprint density at radius 1 is 1.05 bits per heavy atom. The van der Waals surface area contributed by atoms with Gasteiger partial charge in [-0.1, -0.05) is 0 Å². The van der Waals surface area contributed by atoms with Crippen LogP contribution >= 0.6 is 0 Å². The normalized spacial score (nSPS) is 11.5. The maximum absolute atomic E-state index is 10.7. The zero-order chi connectivity index (χ0) is 16.1. The lowest BCUT2D eigenvalue weighted by Crippen LogP contribution is -2.22. The summed E-state index contributed by atoms with van der Waals surface area (Å²) in [6.45, 7) is 1.43. The monoisotopic (exact) mass is 303 g/mol. The van der Waals surface area contributed by atoms with Gasteiger partial charge in [-0.2, -0.15) is 0 Å². The minimum Gasteiger partial charge on any atom is -0.479 e. The predicted octanol–water partition coefficient (Wildman–Crippen LogP) is 3.24. The third-order valence-corrected chi connectivity index (χ3v) is 2.77. The van der Waals surface area contributed by atoms with Crippen molar-refractivity contribution in [2.45, 2.75) is 13.0 Å². The highest BCUT2D eigenvalue weighted by molar-refractivity contribution is 5.72. The van der Waals surface area contributed by atoms with Crippen LogP contribution in [0.1, 0.15) is 6.92 Å². The van der Waals surface area contributed by atoms with Crippen molar-refractivity contribution in [3.05, 3.63) is 58.6 Å². The smallest absolute Gasteiger partial charge is 0.344 e. The van der Waals surface area contributed by atoms with Gasteiger partial charge in [-0.15, -0.1) is 0 Å². The van der Waals surface area contributed by atoms with Crippen molar-refractivity contribution in [2.24, 2.45) is 0 Å². The molecule has 1 N–H and O–H groups in total. The molecular formula is C15H13NO6. The van der Waals surface area contributed by atoms with Gasteiger partial charge >= 0.3 is 5.97 Å². The molecule has 2 aromatic carbocycles. The molecule has 0 saturated heterocycles. The summed E-state index contributed by atoms with van der Waals surface area (Å²) < 4.78 is 10.7. The Kier molecular flexibility index (Phi) is 4.57. The summed E-state index contributed by atoms with van der Waals surface area (Å²) in [6.07, 6.45) is -0.943. The number of non-ortho nitro benzene ring substituents is 1. The van der Waals surface area contributed by atoms with E-state index in [-0.39, 0.29) is 5.69 Å². The van der Waals surface area contributed by atoms with Gasteiger partial charge in [0.1, 0.15) is 17.2 Å². The topological polar surface area (TPSA) is 98.9 Å². The molecule has 2 rings (SSSR count). The van der Waals surface area contributed by atoms with Gasteiger partial charge in [-0.25, -0.2) is 4.79 Å². The number of aliphatic carboxylic acids is 1. The molecule has 22 heavy (non-hydrogen) atoms. The van der Waals surface area contributed by atoms with Crippen LogP contribution < -0.4 is 9.47 Å². The molecule has 0 saturated carbocycles. The second kappa shape index (κ2) is 6.57. The number of benzene rings is 2. The first kappa shape index (κ1) is 15.3. The highest BCUT2D eigenvalue weighted by atomic mass is 16.6. The molecule has 7 heteroatoms. The van der Waals surface area contributed by atoms with E-state index < -0.39 is 17.0 Å². The van der Waals surface area contributed by atoms with E-state index >= 15 is 0 Å². The van der Waals surface area contributed by atoms with E-state index in [1.165, 1.54) is 31.2 Å². The Morgan fingerprint density at radius 2 is 1.50 bits per heavy atom. The number of nitrogens with zero attached hydrogens (tertiary/aromatic N) is 1. The van der Waals surface area contributed by atoms with Crippen LogP contribution in [-0.4, -0.2) is 22.1 Å². The Labute approximate surface area is 125 Å². The van der Waals surface area contributed by atoms with Crippen LogP contribution in [0.2, 0.25) is 0 Å². The summed E-state index contributed by atoms with van der Waals surface area (Å²) in [5.74, 6) is 0.319. The fourth-order valence-corrected chi connectivity index (χ4v) is 1.61. The van der Waals surface area contributed by atoms with Crippen molar-refractivity contribution in [1.29, 1.82) is 0 Å². The first-order valence-electron chi connectivity index (χ1n) is 6.37. The van der Waals surface area contributed by atoms with Gasteiger partial charge in [0.05, 0.1) is 4.92 Å². The summed E-state index contributed by atoms with van der Waals surface area (Å²) >= 11 is 0. The minimum absolute atomic E-state index is 0.0150. The molecule has 0 unspecified atom stereocenters. The predicted molar refractivity (Wildman–Crippen MR) is 77.3 cm³/mol. The number of carboxylic acids is 1. The van der Waals surface area contributed by atoms with Gasteiger partial charge in [-0.05, 0) is 43.3 Å².